The summed E-state index contributed by atoms with van der Waals surface area (Å²) in [6.45, 7) is 1.35. The van der Waals surface area contributed by atoms with Crippen LogP contribution < -0.4 is 10.6 Å². The second-order valence-electron chi connectivity index (χ2n) is 3.96. The summed E-state index contributed by atoms with van der Waals surface area (Å²) >= 11 is 0.127. The van der Waals surface area contributed by atoms with Crippen molar-refractivity contribution in [2.24, 2.45) is 0 Å². The molecule has 0 aliphatic carbocycles. The molecular formula is C11H10F3N5O3S. The van der Waals surface area contributed by atoms with Gasteiger partial charge in [-0.05, 0) is 6.92 Å². The molecule has 124 valence electrons. The molecule has 2 amide bonds. The SMILES string of the molecule is CCOC(=O)c1nc(NC(=O)Nc2ccn[nH]2)sc1C(F)(F)F. The number of esters is 1. The maximum atomic E-state index is 12.9. The van der Waals surface area contributed by atoms with Crippen molar-refractivity contribution >= 4 is 34.3 Å². The summed E-state index contributed by atoms with van der Waals surface area (Å²) in [4.78, 5) is 25.4. The highest BCUT2D eigenvalue weighted by atomic mass is 32.1. The van der Waals surface area contributed by atoms with E-state index in [2.05, 4.69) is 30.6 Å². The first kappa shape index (κ1) is 16.7. The fraction of sp³-hybridized carbons (Fsp3) is 0.273. The molecule has 23 heavy (non-hydrogen) atoms. The van der Waals surface area contributed by atoms with Crippen molar-refractivity contribution in [1.82, 2.24) is 15.2 Å². The molecular weight excluding hydrogens is 339 g/mol. The van der Waals surface area contributed by atoms with Crippen LogP contribution in [0.2, 0.25) is 0 Å². The number of rotatable bonds is 4. The van der Waals surface area contributed by atoms with Crippen molar-refractivity contribution in [3.05, 3.63) is 22.8 Å². The van der Waals surface area contributed by atoms with E-state index in [1.807, 2.05) is 0 Å². The number of carbonyl (C=O) groups excluding carboxylic acids is 2. The van der Waals surface area contributed by atoms with E-state index in [-0.39, 0.29) is 23.8 Å². The van der Waals surface area contributed by atoms with Gasteiger partial charge in [0, 0.05) is 6.07 Å². The number of aromatic nitrogens is 3. The van der Waals surface area contributed by atoms with Crippen LogP contribution in [0.1, 0.15) is 22.3 Å². The standard InChI is InChI=1S/C11H10F3N5O3S/c1-2-22-8(20)6-7(11(12,13)14)23-10(17-6)18-9(21)16-5-3-4-15-19-5/h3-4H,2H2,1H3,(H3,15,16,17,18,19,21). The highest BCUT2D eigenvalue weighted by Gasteiger charge is 2.40. The van der Waals surface area contributed by atoms with Crippen LogP contribution in [0.25, 0.3) is 0 Å². The minimum atomic E-state index is -4.79. The zero-order chi connectivity index (χ0) is 17.0. The van der Waals surface area contributed by atoms with Gasteiger partial charge in [0.25, 0.3) is 0 Å². The van der Waals surface area contributed by atoms with Crippen molar-refractivity contribution in [3.8, 4) is 0 Å². The van der Waals surface area contributed by atoms with E-state index >= 15 is 0 Å². The number of ether oxygens (including phenoxy) is 1. The molecule has 8 nitrogen and oxygen atoms in total. The number of aromatic amines is 1. The first-order chi connectivity index (χ1) is 10.8. The third-order valence-corrected chi connectivity index (χ3v) is 3.34. The van der Waals surface area contributed by atoms with Gasteiger partial charge in [0.2, 0.25) is 0 Å². The topological polar surface area (TPSA) is 109 Å². The molecule has 0 radical (unpaired) electrons. The maximum absolute atomic E-state index is 12.9. The van der Waals surface area contributed by atoms with Crippen LogP contribution in [0.5, 0.6) is 0 Å². The Morgan fingerprint density at radius 1 is 1.39 bits per heavy atom. The lowest BCUT2D eigenvalue weighted by atomic mass is 10.3. The Hall–Kier alpha value is -2.63. The van der Waals surface area contributed by atoms with Gasteiger partial charge < -0.3 is 4.74 Å². The molecule has 0 aromatic carbocycles. The fourth-order valence-electron chi connectivity index (χ4n) is 1.48. The van der Waals surface area contributed by atoms with E-state index in [0.717, 1.165) is 0 Å². The molecule has 0 unspecified atom stereocenters. The van der Waals surface area contributed by atoms with Crippen LogP contribution in [-0.2, 0) is 10.9 Å². The number of hydrogen-bond acceptors (Lipinski definition) is 6. The molecule has 3 N–H and O–H groups in total. The molecule has 0 aliphatic heterocycles. The lowest BCUT2D eigenvalue weighted by Gasteiger charge is -2.04. The number of alkyl halides is 3. The summed E-state index contributed by atoms with van der Waals surface area (Å²) in [6.07, 6.45) is -3.42. The number of urea groups is 1. The van der Waals surface area contributed by atoms with E-state index in [4.69, 9.17) is 0 Å². The van der Waals surface area contributed by atoms with Crippen LogP contribution in [0.3, 0.4) is 0 Å². The monoisotopic (exact) mass is 349 g/mol. The number of H-pyrrole nitrogens is 1. The summed E-state index contributed by atoms with van der Waals surface area (Å²) in [5.41, 5.74) is -0.888. The van der Waals surface area contributed by atoms with Gasteiger partial charge in [0.15, 0.2) is 10.8 Å². The molecule has 0 saturated carbocycles. The van der Waals surface area contributed by atoms with E-state index in [0.29, 0.717) is 0 Å². The van der Waals surface area contributed by atoms with E-state index in [1.54, 1.807) is 0 Å². The van der Waals surface area contributed by atoms with Crippen molar-refractivity contribution < 1.29 is 27.5 Å². The number of halogens is 3. The molecule has 0 bridgehead atoms. The number of amides is 2. The Morgan fingerprint density at radius 2 is 2.13 bits per heavy atom. The molecule has 2 aromatic rings. The van der Waals surface area contributed by atoms with Crippen LogP contribution >= 0.6 is 11.3 Å². The van der Waals surface area contributed by atoms with Gasteiger partial charge in [0.05, 0.1) is 12.8 Å². The molecule has 0 atom stereocenters. The Kier molecular flexibility index (Phi) is 4.83. The van der Waals surface area contributed by atoms with E-state index in [9.17, 15) is 22.8 Å². The Morgan fingerprint density at radius 3 is 2.70 bits per heavy atom. The van der Waals surface area contributed by atoms with Gasteiger partial charge in [-0.3, -0.25) is 15.7 Å². The lowest BCUT2D eigenvalue weighted by Crippen LogP contribution is -2.19. The summed E-state index contributed by atoms with van der Waals surface area (Å²) in [5.74, 6) is -0.973. The summed E-state index contributed by atoms with van der Waals surface area (Å²) in [6, 6.07) is 0.597. The van der Waals surface area contributed by atoms with Gasteiger partial charge >= 0.3 is 18.2 Å². The maximum Gasteiger partial charge on any atom is 0.428 e. The van der Waals surface area contributed by atoms with Crippen molar-refractivity contribution in [3.63, 3.8) is 0 Å². The predicted octanol–water partition coefficient (Wildman–Crippen LogP) is 2.71. The average molecular weight is 349 g/mol. The summed E-state index contributed by atoms with van der Waals surface area (Å²) in [5, 5.41) is 10.0. The molecule has 2 aromatic heterocycles. The number of nitrogens with one attached hydrogen (secondary N) is 3. The van der Waals surface area contributed by atoms with Crippen molar-refractivity contribution in [2.45, 2.75) is 13.1 Å². The molecule has 0 spiro atoms. The number of carbonyl (C=O) groups is 2. The van der Waals surface area contributed by atoms with E-state index in [1.165, 1.54) is 19.2 Å². The van der Waals surface area contributed by atoms with Gasteiger partial charge in [0.1, 0.15) is 10.7 Å². The number of thiazole rings is 1. The largest absolute Gasteiger partial charge is 0.461 e. The zero-order valence-electron chi connectivity index (χ0n) is 11.5. The fourth-order valence-corrected chi connectivity index (χ4v) is 2.30. The van der Waals surface area contributed by atoms with Crippen molar-refractivity contribution in [1.29, 1.82) is 0 Å². The Balaban J connectivity index is 2.19. The first-order valence-electron chi connectivity index (χ1n) is 6.13. The Bertz CT molecular complexity index is 698. The molecule has 2 rings (SSSR count). The highest BCUT2D eigenvalue weighted by Crippen LogP contribution is 2.38. The lowest BCUT2D eigenvalue weighted by molar-refractivity contribution is -0.135. The van der Waals surface area contributed by atoms with Gasteiger partial charge in [-0.2, -0.15) is 18.3 Å². The third kappa shape index (κ3) is 4.18. The Labute approximate surface area is 131 Å². The van der Waals surface area contributed by atoms with Crippen molar-refractivity contribution in [2.75, 3.05) is 17.2 Å². The molecule has 0 aliphatic rings. The number of nitrogens with zero attached hydrogens (tertiary/aromatic N) is 2. The number of hydrogen-bond donors (Lipinski definition) is 3. The minimum Gasteiger partial charge on any atom is -0.461 e. The normalized spacial score (nSPS) is 11.1. The molecule has 0 saturated heterocycles. The second kappa shape index (κ2) is 6.64. The minimum absolute atomic E-state index is 0.100. The molecule has 0 fully saturated rings. The van der Waals surface area contributed by atoms with Gasteiger partial charge in [-0.25, -0.2) is 14.6 Å². The summed E-state index contributed by atoms with van der Waals surface area (Å²) in [7, 11) is 0. The van der Waals surface area contributed by atoms with Crippen LogP contribution in [0.15, 0.2) is 12.3 Å². The smallest absolute Gasteiger partial charge is 0.428 e. The quantitative estimate of drug-likeness (QED) is 0.735. The molecule has 12 heteroatoms. The first-order valence-corrected chi connectivity index (χ1v) is 6.95. The third-order valence-electron chi connectivity index (χ3n) is 2.32. The van der Waals surface area contributed by atoms with E-state index < -0.39 is 33.9 Å². The highest BCUT2D eigenvalue weighted by molar-refractivity contribution is 7.16. The predicted molar refractivity (Wildman–Crippen MR) is 74.3 cm³/mol. The zero-order valence-corrected chi connectivity index (χ0v) is 12.3. The van der Waals surface area contributed by atoms with Crippen LogP contribution in [-0.4, -0.2) is 33.8 Å². The number of anilines is 2. The molecule has 2 heterocycles. The van der Waals surface area contributed by atoms with Crippen LogP contribution in [0.4, 0.5) is 28.9 Å². The van der Waals surface area contributed by atoms with Gasteiger partial charge in [-0.1, -0.05) is 11.3 Å². The van der Waals surface area contributed by atoms with Gasteiger partial charge in [-0.15, -0.1) is 0 Å². The average Bonchev–Trinajstić information content (AvgIpc) is 3.07. The van der Waals surface area contributed by atoms with Crippen LogP contribution in [0, 0.1) is 0 Å². The second-order valence-corrected chi connectivity index (χ2v) is 4.96. The summed E-state index contributed by atoms with van der Waals surface area (Å²) < 4.78 is 43.3.